The van der Waals surface area contributed by atoms with E-state index in [4.69, 9.17) is 4.84 Å². The highest BCUT2D eigenvalue weighted by Crippen LogP contribution is 2.14. The summed E-state index contributed by atoms with van der Waals surface area (Å²) in [6, 6.07) is 7.51. The zero-order valence-electron chi connectivity index (χ0n) is 11.6. The average Bonchev–Trinajstić information content (AvgIpc) is 2.47. The third-order valence-electron chi connectivity index (χ3n) is 2.61. The smallest absolute Gasteiger partial charge is 0.329 e. The molecule has 0 unspecified atom stereocenters. The second kappa shape index (κ2) is 8.60. The first-order chi connectivity index (χ1) is 9.61. The molecule has 5 nitrogen and oxygen atoms in total. The summed E-state index contributed by atoms with van der Waals surface area (Å²) in [4.78, 5) is 28.6. The van der Waals surface area contributed by atoms with Crippen molar-refractivity contribution >= 4 is 23.6 Å². The molecule has 0 aliphatic rings. The number of hydrogen-bond donors (Lipinski definition) is 1. The van der Waals surface area contributed by atoms with Gasteiger partial charge >= 0.3 is 5.97 Å². The van der Waals surface area contributed by atoms with Crippen LogP contribution in [0.25, 0.3) is 0 Å². The van der Waals surface area contributed by atoms with Crippen LogP contribution in [0.3, 0.4) is 0 Å². The molecule has 0 aliphatic heterocycles. The minimum absolute atomic E-state index is 0.301. The van der Waals surface area contributed by atoms with E-state index in [-0.39, 0.29) is 0 Å². The highest BCUT2D eigenvalue weighted by atomic mass is 32.2. The predicted octanol–water partition coefficient (Wildman–Crippen LogP) is 2.29. The number of hydrogen-bond acceptors (Lipinski definition) is 4. The van der Waals surface area contributed by atoms with Gasteiger partial charge in [-0.15, -0.1) is 0 Å². The quantitative estimate of drug-likeness (QED) is 0.589. The normalized spacial score (nSPS) is 11.9. The van der Waals surface area contributed by atoms with Gasteiger partial charge in [0, 0.05) is 11.3 Å². The molecule has 20 heavy (non-hydrogen) atoms. The van der Waals surface area contributed by atoms with Crippen LogP contribution in [0.1, 0.15) is 23.7 Å². The molecule has 0 aromatic heterocycles. The fourth-order valence-electron chi connectivity index (χ4n) is 1.64. The topological polar surface area (TPSA) is 66.8 Å². The lowest BCUT2D eigenvalue weighted by molar-refractivity contribution is -0.163. The first-order valence-electron chi connectivity index (χ1n) is 6.35. The summed E-state index contributed by atoms with van der Waals surface area (Å²) in [7, 11) is 1.31. The van der Waals surface area contributed by atoms with Gasteiger partial charge in [0.05, 0.1) is 7.11 Å². The summed E-state index contributed by atoms with van der Waals surface area (Å²) >= 11 is 1.49. The molecule has 1 aromatic carbocycles. The van der Waals surface area contributed by atoms with Crippen molar-refractivity contribution in [2.24, 2.45) is 0 Å². The van der Waals surface area contributed by atoms with E-state index in [1.807, 2.05) is 6.92 Å². The van der Waals surface area contributed by atoms with E-state index in [0.29, 0.717) is 11.3 Å². The molecule has 0 bridgehead atoms. The molecular formula is C14H19NO4S. The lowest BCUT2D eigenvalue weighted by Gasteiger charge is -2.26. The Hall–Kier alpha value is -1.53. The summed E-state index contributed by atoms with van der Waals surface area (Å²) in [5, 5.41) is 10.2. The maximum atomic E-state index is 12.3. The molecule has 0 fully saturated rings. The lowest BCUT2D eigenvalue weighted by Crippen LogP contribution is -2.46. The van der Waals surface area contributed by atoms with Gasteiger partial charge in [0.2, 0.25) is 0 Å². The van der Waals surface area contributed by atoms with Crippen LogP contribution in [0.4, 0.5) is 0 Å². The lowest BCUT2D eigenvalue weighted by atomic mass is 10.2. The molecular weight excluding hydrogens is 278 g/mol. The van der Waals surface area contributed by atoms with E-state index in [2.05, 4.69) is 0 Å². The number of carboxylic acid groups (broad SMARTS) is 1. The third-order valence-corrected chi connectivity index (χ3v) is 3.86. The number of amides is 1. The van der Waals surface area contributed by atoms with Crippen LogP contribution in [-0.2, 0) is 9.63 Å². The number of hydroxylamine groups is 2. The molecule has 0 spiro atoms. The maximum Gasteiger partial charge on any atom is 0.329 e. The Labute approximate surface area is 122 Å². The van der Waals surface area contributed by atoms with Crippen LogP contribution in [0.15, 0.2) is 30.3 Å². The van der Waals surface area contributed by atoms with Gasteiger partial charge in [0.1, 0.15) is 0 Å². The van der Waals surface area contributed by atoms with Gasteiger partial charge in [-0.1, -0.05) is 25.1 Å². The van der Waals surface area contributed by atoms with Crippen LogP contribution in [0.2, 0.25) is 0 Å². The molecule has 0 aliphatic carbocycles. The van der Waals surface area contributed by atoms with Crippen molar-refractivity contribution in [1.29, 1.82) is 0 Å². The van der Waals surface area contributed by atoms with Gasteiger partial charge in [0.25, 0.3) is 5.91 Å². The average molecular weight is 297 g/mol. The summed E-state index contributed by atoms with van der Waals surface area (Å²) in [6.07, 6.45) is 0.955. The van der Waals surface area contributed by atoms with Gasteiger partial charge in [-0.3, -0.25) is 9.63 Å². The second-order valence-corrected chi connectivity index (χ2v) is 5.26. The van der Waals surface area contributed by atoms with Crippen LogP contribution < -0.4 is 0 Å². The van der Waals surface area contributed by atoms with E-state index in [1.165, 1.54) is 18.9 Å². The molecule has 1 aromatic rings. The summed E-state index contributed by atoms with van der Waals surface area (Å²) in [6.45, 7) is 2.02. The van der Waals surface area contributed by atoms with Gasteiger partial charge in [-0.05, 0) is 24.3 Å². The van der Waals surface area contributed by atoms with E-state index < -0.39 is 17.9 Å². The monoisotopic (exact) mass is 297 g/mol. The van der Waals surface area contributed by atoms with Gasteiger partial charge < -0.3 is 5.11 Å². The van der Waals surface area contributed by atoms with E-state index >= 15 is 0 Å². The molecule has 6 heteroatoms. The van der Waals surface area contributed by atoms with Crippen molar-refractivity contribution in [3.05, 3.63) is 35.9 Å². The SMILES string of the molecule is CCCSC[C@@H](C(=O)O)N(OC)C(=O)c1ccccc1. The zero-order valence-corrected chi connectivity index (χ0v) is 12.4. The molecule has 1 rings (SSSR count). The fourth-order valence-corrected chi connectivity index (χ4v) is 2.59. The zero-order chi connectivity index (χ0) is 15.0. The standard InChI is InChI=1S/C14H19NO4S/c1-3-9-20-10-12(14(17)18)15(19-2)13(16)11-7-5-4-6-8-11/h4-8,12H,3,9-10H2,1-2H3,(H,17,18)/t12-/m0/s1. The molecule has 0 radical (unpaired) electrons. The largest absolute Gasteiger partial charge is 0.480 e. The first kappa shape index (κ1) is 16.5. The van der Waals surface area contributed by atoms with Crippen molar-refractivity contribution < 1.29 is 19.5 Å². The van der Waals surface area contributed by atoms with Crippen molar-refractivity contribution in [2.45, 2.75) is 19.4 Å². The van der Waals surface area contributed by atoms with Crippen LogP contribution >= 0.6 is 11.8 Å². The first-order valence-corrected chi connectivity index (χ1v) is 7.50. The molecule has 1 atom stereocenters. The van der Waals surface area contributed by atoms with Crippen LogP contribution in [-0.4, -0.2) is 46.7 Å². The number of carbonyl (C=O) groups is 2. The Morgan fingerprint density at radius 1 is 1.35 bits per heavy atom. The highest BCUT2D eigenvalue weighted by Gasteiger charge is 2.30. The Balaban J connectivity index is 2.84. The fraction of sp³-hybridized carbons (Fsp3) is 0.429. The van der Waals surface area contributed by atoms with Crippen molar-refractivity contribution in [3.8, 4) is 0 Å². The molecule has 1 N–H and O–H groups in total. The molecule has 0 saturated carbocycles. The Bertz CT molecular complexity index is 438. The van der Waals surface area contributed by atoms with E-state index in [9.17, 15) is 14.7 Å². The van der Waals surface area contributed by atoms with Crippen molar-refractivity contribution in [3.63, 3.8) is 0 Å². The van der Waals surface area contributed by atoms with E-state index in [0.717, 1.165) is 17.2 Å². The third kappa shape index (κ3) is 4.54. The molecule has 1 amide bonds. The van der Waals surface area contributed by atoms with Gasteiger partial charge in [-0.25, -0.2) is 9.86 Å². The minimum Gasteiger partial charge on any atom is -0.480 e. The molecule has 0 heterocycles. The van der Waals surface area contributed by atoms with Crippen LogP contribution in [0.5, 0.6) is 0 Å². The summed E-state index contributed by atoms with van der Waals surface area (Å²) in [5.41, 5.74) is 0.404. The number of benzene rings is 1. The number of thioether (sulfide) groups is 1. The second-order valence-electron chi connectivity index (χ2n) is 4.11. The Morgan fingerprint density at radius 3 is 2.50 bits per heavy atom. The molecule has 0 saturated heterocycles. The summed E-state index contributed by atoms with van der Waals surface area (Å²) < 4.78 is 0. The summed E-state index contributed by atoms with van der Waals surface area (Å²) in [5.74, 6) is -0.367. The van der Waals surface area contributed by atoms with E-state index in [1.54, 1.807) is 30.3 Å². The predicted molar refractivity (Wildman–Crippen MR) is 78.7 cm³/mol. The Morgan fingerprint density at radius 2 is 2.00 bits per heavy atom. The number of carboxylic acids is 1. The number of carbonyl (C=O) groups excluding carboxylic acids is 1. The van der Waals surface area contributed by atoms with Crippen molar-refractivity contribution in [1.82, 2.24) is 5.06 Å². The van der Waals surface area contributed by atoms with Crippen LogP contribution in [0, 0.1) is 0 Å². The number of aliphatic carboxylic acids is 1. The molecule has 110 valence electrons. The van der Waals surface area contributed by atoms with Gasteiger partial charge in [0.15, 0.2) is 6.04 Å². The maximum absolute atomic E-state index is 12.3. The number of nitrogens with zero attached hydrogens (tertiary/aromatic N) is 1. The minimum atomic E-state index is -1.07. The number of rotatable bonds is 8. The van der Waals surface area contributed by atoms with Gasteiger partial charge in [-0.2, -0.15) is 11.8 Å². The Kier molecular flexibility index (Phi) is 7.11. The van der Waals surface area contributed by atoms with Crippen molar-refractivity contribution in [2.75, 3.05) is 18.6 Å². The highest BCUT2D eigenvalue weighted by molar-refractivity contribution is 7.99.